The van der Waals surface area contributed by atoms with Gasteiger partial charge in [-0.1, -0.05) is 12.1 Å². The van der Waals surface area contributed by atoms with Gasteiger partial charge in [0, 0.05) is 37.2 Å². The molecule has 1 heterocycles. The van der Waals surface area contributed by atoms with Crippen LogP contribution in [-0.2, 0) is 0 Å². The van der Waals surface area contributed by atoms with Gasteiger partial charge in [-0.05, 0) is 17.7 Å². The molecule has 2 atom stereocenters. The molecule has 1 aromatic carbocycles. The maximum Gasteiger partial charge on any atom is 0.0477 e. The summed E-state index contributed by atoms with van der Waals surface area (Å²) in [5.74, 6) is 0.777. The van der Waals surface area contributed by atoms with E-state index in [1.54, 1.807) is 0 Å². The lowest BCUT2D eigenvalue weighted by molar-refractivity contribution is 0.226. The van der Waals surface area contributed by atoms with Crippen molar-refractivity contribution in [1.29, 1.82) is 0 Å². The van der Waals surface area contributed by atoms with Gasteiger partial charge in [-0.2, -0.15) is 0 Å². The van der Waals surface area contributed by atoms with Crippen molar-refractivity contribution in [3.63, 3.8) is 0 Å². The Bertz CT molecular complexity index is 297. The Labute approximate surface area is 83.9 Å². The zero-order chi connectivity index (χ0) is 9.97. The van der Waals surface area contributed by atoms with E-state index in [4.69, 9.17) is 5.73 Å². The first-order valence-electron chi connectivity index (χ1n) is 4.98. The number of anilines is 1. The summed E-state index contributed by atoms with van der Waals surface area (Å²) < 4.78 is 0. The monoisotopic (exact) mass is 192 g/mol. The average Bonchev–Trinajstić information content (AvgIpc) is 2.67. The second kappa shape index (κ2) is 3.98. The van der Waals surface area contributed by atoms with Crippen molar-refractivity contribution in [3.05, 3.63) is 29.8 Å². The van der Waals surface area contributed by atoms with E-state index in [1.807, 2.05) is 12.1 Å². The number of benzene rings is 1. The minimum absolute atomic E-state index is 0.252. The van der Waals surface area contributed by atoms with Crippen LogP contribution < -0.4 is 11.1 Å². The largest absolute Gasteiger partial charge is 0.399 e. The lowest BCUT2D eigenvalue weighted by atomic mass is 9.89. The summed E-state index contributed by atoms with van der Waals surface area (Å²) in [6.07, 6.45) is 0. The highest BCUT2D eigenvalue weighted by atomic mass is 16.3. The van der Waals surface area contributed by atoms with Crippen LogP contribution in [0.2, 0.25) is 0 Å². The molecule has 4 N–H and O–H groups in total. The molecule has 0 aromatic heterocycles. The zero-order valence-corrected chi connectivity index (χ0v) is 8.11. The van der Waals surface area contributed by atoms with E-state index in [9.17, 15) is 5.11 Å². The molecule has 0 radical (unpaired) electrons. The van der Waals surface area contributed by atoms with E-state index >= 15 is 0 Å². The van der Waals surface area contributed by atoms with Crippen molar-refractivity contribution in [2.75, 3.05) is 25.4 Å². The highest BCUT2D eigenvalue weighted by molar-refractivity contribution is 5.40. The highest BCUT2D eigenvalue weighted by Crippen LogP contribution is 2.27. The van der Waals surface area contributed by atoms with Crippen molar-refractivity contribution in [2.45, 2.75) is 5.92 Å². The lowest BCUT2D eigenvalue weighted by Gasteiger charge is -2.16. The van der Waals surface area contributed by atoms with Crippen molar-refractivity contribution < 1.29 is 5.11 Å². The van der Waals surface area contributed by atoms with Gasteiger partial charge < -0.3 is 16.2 Å². The van der Waals surface area contributed by atoms with Crippen molar-refractivity contribution in [2.24, 2.45) is 5.92 Å². The Morgan fingerprint density at radius 1 is 1.29 bits per heavy atom. The van der Waals surface area contributed by atoms with Crippen LogP contribution in [0.3, 0.4) is 0 Å². The Morgan fingerprint density at radius 3 is 2.64 bits per heavy atom. The number of nitrogens with one attached hydrogen (secondary N) is 1. The van der Waals surface area contributed by atoms with E-state index in [-0.39, 0.29) is 6.61 Å². The molecular weight excluding hydrogens is 176 g/mol. The van der Waals surface area contributed by atoms with Crippen LogP contribution in [0.15, 0.2) is 24.3 Å². The molecule has 2 rings (SSSR count). The molecule has 1 aliphatic heterocycles. The molecule has 76 valence electrons. The maximum atomic E-state index is 9.19. The van der Waals surface area contributed by atoms with Crippen LogP contribution in [-0.4, -0.2) is 24.8 Å². The molecule has 0 aliphatic carbocycles. The Balaban J connectivity index is 2.17. The molecule has 1 fully saturated rings. The fourth-order valence-corrected chi connectivity index (χ4v) is 2.06. The second-order valence-corrected chi connectivity index (χ2v) is 3.87. The summed E-state index contributed by atoms with van der Waals surface area (Å²) in [5, 5.41) is 12.5. The summed E-state index contributed by atoms with van der Waals surface area (Å²) in [7, 11) is 0. The second-order valence-electron chi connectivity index (χ2n) is 3.87. The van der Waals surface area contributed by atoms with Gasteiger partial charge in [0.1, 0.15) is 0 Å². The van der Waals surface area contributed by atoms with Crippen molar-refractivity contribution in [3.8, 4) is 0 Å². The molecule has 1 aliphatic rings. The van der Waals surface area contributed by atoms with Gasteiger partial charge in [-0.25, -0.2) is 0 Å². The maximum absolute atomic E-state index is 9.19. The third-order valence-corrected chi connectivity index (χ3v) is 2.94. The molecule has 2 unspecified atom stereocenters. The molecular formula is C11H16N2O. The van der Waals surface area contributed by atoms with Gasteiger partial charge in [0.15, 0.2) is 0 Å². The van der Waals surface area contributed by atoms with Gasteiger partial charge in [0.25, 0.3) is 0 Å². The summed E-state index contributed by atoms with van der Waals surface area (Å²) in [6.45, 7) is 2.11. The number of nitrogens with two attached hydrogens (primary N) is 1. The summed E-state index contributed by atoms with van der Waals surface area (Å²) in [6, 6.07) is 7.94. The van der Waals surface area contributed by atoms with E-state index < -0.39 is 0 Å². The third-order valence-electron chi connectivity index (χ3n) is 2.94. The number of nitrogen functional groups attached to an aromatic ring is 1. The van der Waals surface area contributed by atoms with Gasteiger partial charge >= 0.3 is 0 Å². The SMILES string of the molecule is Nc1ccc(C2CNCC2CO)cc1. The quantitative estimate of drug-likeness (QED) is 0.600. The van der Waals surface area contributed by atoms with Crippen molar-refractivity contribution >= 4 is 5.69 Å². The number of hydrogen-bond acceptors (Lipinski definition) is 3. The summed E-state index contributed by atoms with van der Waals surface area (Å²) in [5.41, 5.74) is 7.69. The normalized spacial score (nSPS) is 26.6. The molecule has 1 aromatic rings. The number of aliphatic hydroxyl groups is 1. The first-order valence-corrected chi connectivity index (χ1v) is 4.98. The number of rotatable bonds is 2. The number of aliphatic hydroxyl groups excluding tert-OH is 1. The molecule has 14 heavy (non-hydrogen) atoms. The number of hydrogen-bond donors (Lipinski definition) is 3. The fourth-order valence-electron chi connectivity index (χ4n) is 2.06. The van der Waals surface area contributed by atoms with Gasteiger partial charge in [-0.15, -0.1) is 0 Å². The fraction of sp³-hybridized carbons (Fsp3) is 0.455. The minimum Gasteiger partial charge on any atom is -0.399 e. The van der Waals surface area contributed by atoms with E-state index in [0.29, 0.717) is 11.8 Å². The predicted octanol–water partition coefficient (Wildman–Crippen LogP) is 0.564. The Kier molecular flexibility index (Phi) is 2.70. The Morgan fingerprint density at radius 2 is 2.00 bits per heavy atom. The van der Waals surface area contributed by atoms with Crippen LogP contribution in [0.25, 0.3) is 0 Å². The summed E-state index contributed by atoms with van der Waals surface area (Å²) >= 11 is 0. The van der Waals surface area contributed by atoms with Crippen LogP contribution in [0.4, 0.5) is 5.69 Å². The Hall–Kier alpha value is -1.06. The summed E-state index contributed by atoms with van der Waals surface area (Å²) in [4.78, 5) is 0. The van der Waals surface area contributed by atoms with E-state index in [1.165, 1.54) is 5.56 Å². The predicted molar refractivity (Wildman–Crippen MR) is 57.0 cm³/mol. The van der Waals surface area contributed by atoms with Gasteiger partial charge in [0.2, 0.25) is 0 Å². The first-order chi connectivity index (χ1) is 6.81. The molecule has 0 spiro atoms. The molecule has 3 nitrogen and oxygen atoms in total. The van der Waals surface area contributed by atoms with E-state index in [0.717, 1.165) is 18.8 Å². The lowest BCUT2D eigenvalue weighted by Crippen LogP contribution is -2.14. The third kappa shape index (κ3) is 1.74. The molecule has 0 amide bonds. The standard InChI is InChI=1S/C11H16N2O/c12-10-3-1-8(2-4-10)11-6-13-5-9(11)7-14/h1-4,9,11,13-14H,5-7,12H2. The zero-order valence-electron chi connectivity index (χ0n) is 8.11. The first kappa shape index (κ1) is 9.49. The van der Waals surface area contributed by atoms with Crippen LogP contribution >= 0.6 is 0 Å². The molecule has 3 heteroatoms. The van der Waals surface area contributed by atoms with Crippen LogP contribution in [0, 0.1) is 5.92 Å². The highest BCUT2D eigenvalue weighted by Gasteiger charge is 2.27. The smallest absolute Gasteiger partial charge is 0.0477 e. The average molecular weight is 192 g/mol. The van der Waals surface area contributed by atoms with Crippen LogP contribution in [0.1, 0.15) is 11.5 Å². The van der Waals surface area contributed by atoms with Crippen LogP contribution in [0.5, 0.6) is 0 Å². The minimum atomic E-state index is 0.252. The van der Waals surface area contributed by atoms with E-state index in [2.05, 4.69) is 17.4 Å². The molecule has 0 bridgehead atoms. The van der Waals surface area contributed by atoms with Gasteiger partial charge in [-0.3, -0.25) is 0 Å². The topological polar surface area (TPSA) is 58.3 Å². The van der Waals surface area contributed by atoms with Crippen molar-refractivity contribution in [1.82, 2.24) is 5.32 Å². The molecule has 0 saturated carbocycles. The molecule has 1 saturated heterocycles. The van der Waals surface area contributed by atoms with Gasteiger partial charge in [0.05, 0.1) is 0 Å².